The van der Waals surface area contributed by atoms with Gasteiger partial charge < -0.3 is 15.3 Å². The summed E-state index contributed by atoms with van der Waals surface area (Å²) < 4.78 is 0. The summed E-state index contributed by atoms with van der Waals surface area (Å²) in [6.07, 6.45) is 1.68. The van der Waals surface area contributed by atoms with Gasteiger partial charge in [0.25, 0.3) is 11.8 Å². The van der Waals surface area contributed by atoms with Gasteiger partial charge in [-0.25, -0.2) is 0 Å². The van der Waals surface area contributed by atoms with Gasteiger partial charge >= 0.3 is 5.97 Å². The Labute approximate surface area is 194 Å². The van der Waals surface area contributed by atoms with Crippen molar-refractivity contribution < 1.29 is 33.9 Å². The molecule has 1 aliphatic carbocycles. The van der Waals surface area contributed by atoms with Crippen LogP contribution in [-0.2, 0) is 19.2 Å². The number of rotatable bonds is 5. The molecule has 0 radical (unpaired) electrons. The third-order valence-electron chi connectivity index (χ3n) is 7.16. The van der Waals surface area contributed by atoms with Crippen LogP contribution >= 0.6 is 0 Å². The zero-order valence-corrected chi connectivity index (χ0v) is 18.3. The maximum Gasteiger partial charge on any atom is 0.308 e. The highest BCUT2D eigenvalue weighted by Gasteiger charge is 2.46. The molecule has 0 aromatic heterocycles. The number of imide groups is 2. The number of aliphatic carboxylic acids is 1. The van der Waals surface area contributed by atoms with Crippen molar-refractivity contribution in [1.29, 1.82) is 0 Å². The van der Waals surface area contributed by atoms with E-state index in [4.69, 9.17) is 5.11 Å². The quantitative estimate of drug-likeness (QED) is 0.519. The molecule has 1 aromatic rings. The van der Waals surface area contributed by atoms with E-state index in [1.807, 2.05) is 0 Å². The molecule has 3 heterocycles. The van der Waals surface area contributed by atoms with E-state index in [1.165, 1.54) is 6.07 Å². The summed E-state index contributed by atoms with van der Waals surface area (Å²) in [5.74, 6) is -3.89. The number of fused-ring (bicyclic) bond motifs is 1. The molecule has 2 unspecified atom stereocenters. The number of likely N-dealkylation sites (tertiary alicyclic amines) is 1. The first kappa shape index (κ1) is 22.1. The maximum atomic E-state index is 13.2. The molecule has 34 heavy (non-hydrogen) atoms. The first-order valence-electron chi connectivity index (χ1n) is 11.4. The summed E-state index contributed by atoms with van der Waals surface area (Å²) in [5, 5.41) is 14.6. The average Bonchev–Trinajstić information content (AvgIpc) is 3.35. The van der Waals surface area contributed by atoms with Gasteiger partial charge in [0.05, 0.1) is 17.0 Å². The standard InChI is InChI=1S/C23H24N4O7/c28-17-5-4-16(19(29)25-17)27-21(31)14-2-1-3-15(18(14)22(27)32)24-13-8-12(9-13)20(30)26-7-6-11(10-26)23(33)34/h1-3,11-13,16,24H,4-10H2,(H,33,34)(H,25,28,29)/t11?,12-,13+,16?. The van der Waals surface area contributed by atoms with Crippen molar-refractivity contribution in [2.75, 3.05) is 18.4 Å². The molecule has 3 fully saturated rings. The van der Waals surface area contributed by atoms with Gasteiger partial charge in [0.15, 0.2) is 0 Å². The van der Waals surface area contributed by atoms with Gasteiger partial charge in [-0.3, -0.25) is 39.0 Å². The van der Waals surface area contributed by atoms with Gasteiger partial charge in [0.1, 0.15) is 6.04 Å². The van der Waals surface area contributed by atoms with Crippen molar-refractivity contribution in [2.24, 2.45) is 11.8 Å². The van der Waals surface area contributed by atoms with Gasteiger partial charge in [-0.15, -0.1) is 0 Å². The molecule has 11 nitrogen and oxygen atoms in total. The number of nitrogens with zero attached hydrogens (tertiary/aromatic N) is 2. The molecule has 1 aromatic carbocycles. The number of carbonyl (C=O) groups is 6. The van der Waals surface area contributed by atoms with E-state index in [2.05, 4.69) is 10.6 Å². The Morgan fingerprint density at radius 2 is 1.79 bits per heavy atom. The highest BCUT2D eigenvalue weighted by Crippen LogP contribution is 2.37. The van der Waals surface area contributed by atoms with E-state index in [-0.39, 0.29) is 48.4 Å². The lowest BCUT2D eigenvalue weighted by Crippen LogP contribution is -2.54. The van der Waals surface area contributed by atoms with Gasteiger partial charge in [-0.05, 0) is 37.8 Å². The molecule has 2 saturated heterocycles. The topological polar surface area (TPSA) is 153 Å². The predicted octanol–water partition coefficient (Wildman–Crippen LogP) is 0.211. The molecule has 4 aliphatic rings. The number of hydrogen-bond acceptors (Lipinski definition) is 7. The molecule has 1 saturated carbocycles. The Balaban J connectivity index is 1.24. The van der Waals surface area contributed by atoms with Crippen molar-refractivity contribution >= 4 is 41.2 Å². The van der Waals surface area contributed by atoms with Crippen LogP contribution in [0.2, 0.25) is 0 Å². The third-order valence-corrected chi connectivity index (χ3v) is 7.16. The van der Waals surface area contributed by atoms with E-state index in [0.29, 0.717) is 31.5 Å². The highest BCUT2D eigenvalue weighted by atomic mass is 16.4. The Morgan fingerprint density at radius 1 is 1.03 bits per heavy atom. The molecule has 11 heteroatoms. The minimum absolute atomic E-state index is 0.0459. The fourth-order valence-corrected chi connectivity index (χ4v) is 5.21. The van der Waals surface area contributed by atoms with Crippen LogP contribution in [0, 0.1) is 11.8 Å². The Kier molecular flexibility index (Phi) is 5.34. The summed E-state index contributed by atoms with van der Waals surface area (Å²) in [5.41, 5.74) is 0.855. The van der Waals surface area contributed by atoms with Crippen LogP contribution in [-0.4, -0.2) is 75.6 Å². The Morgan fingerprint density at radius 3 is 2.47 bits per heavy atom. The first-order chi connectivity index (χ1) is 16.2. The summed E-state index contributed by atoms with van der Waals surface area (Å²) in [7, 11) is 0. The zero-order valence-electron chi connectivity index (χ0n) is 18.3. The normalized spacial score (nSPS) is 28.5. The van der Waals surface area contributed by atoms with Crippen molar-refractivity contribution in [3.05, 3.63) is 29.3 Å². The van der Waals surface area contributed by atoms with E-state index in [0.717, 1.165) is 4.90 Å². The smallest absolute Gasteiger partial charge is 0.308 e. The van der Waals surface area contributed by atoms with Crippen LogP contribution in [0.3, 0.4) is 0 Å². The lowest BCUT2D eigenvalue weighted by atomic mass is 9.79. The second kappa shape index (κ2) is 8.23. The number of carboxylic acids is 1. The SMILES string of the molecule is O=C1CCC(N2C(=O)c3cccc(N[C@H]4C[C@@H](C(=O)N5CCC(C(=O)O)C5)C4)c3C2=O)C(=O)N1. The third kappa shape index (κ3) is 3.61. The number of piperidine rings is 1. The molecule has 0 spiro atoms. The largest absolute Gasteiger partial charge is 0.481 e. The number of anilines is 1. The number of nitrogens with one attached hydrogen (secondary N) is 2. The minimum Gasteiger partial charge on any atom is -0.481 e. The van der Waals surface area contributed by atoms with Gasteiger partial charge in [-0.1, -0.05) is 6.07 Å². The molecule has 2 atom stereocenters. The number of hydrogen-bond donors (Lipinski definition) is 3. The van der Waals surface area contributed by atoms with Crippen LogP contribution in [0.15, 0.2) is 18.2 Å². The fraction of sp³-hybridized carbons (Fsp3) is 0.478. The van der Waals surface area contributed by atoms with Crippen LogP contribution in [0.5, 0.6) is 0 Å². The van der Waals surface area contributed by atoms with E-state index in [9.17, 15) is 28.8 Å². The van der Waals surface area contributed by atoms with Crippen molar-refractivity contribution in [1.82, 2.24) is 15.1 Å². The fourth-order valence-electron chi connectivity index (χ4n) is 5.21. The monoisotopic (exact) mass is 468 g/mol. The molecule has 5 rings (SSSR count). The zero-order chi connectivity index (χ0) is 24.1. The van der Waals surface area contributed by atoms with Gasteiger partial charge in [-0.2, -0.15) is 0 Å². The molecule has 178 valence electrons. The lowest BCUT2D eigenvalue weighted by Gasteiger charge is -2.37. The Bertz CT molecular complexity index is 1130. The summed E-state index contributed by atoms with van der Waals surface area (Å²) in [6, 6.07) is 3.76. The maximum absolute atomic E-state index is 13.2. The van der Waals surface area contributed by atoms with Gasteiger partial charge in [0.2, 0.25) is 17.7 Å². The van der Waals surface area contributed by atoms with E-state index < -0.39 is 41.6 Å². The van der Waals surface area contributed by atoms with Crippen molar-refractivity contribution in [3.63, 3.8) is 0 Å². The van der Waals surface area contributed by atoms with Gasteiger partial charge in [0, 0.05) is 37.2 Å². The van der Waals surface area contributed by atoms with E-state index >= 15 is 0 Å². The summed E-state index contributed by atoms with van der Waals surface area (Å²) >= 11 is 0. The molecule has 5 amide bonds. The second-order valence-electron chi connectivity index (χ2n) is 9.29. The second-order valence-corrected chi connectivity index (χ2v) is 9.29. The molecular weight excluding hydrogens is 444 g/mol. The summed E-state index contributed by atoms with van der Waals surface area (Å²) in [6.45, 7) is 0.686. The number of carboxylic acid groups (broad SMARTS) is 1. The number of amides is 5. The molecule has 0 bridgehead atoms. The van der Waals surface area contributed by atoms with Crippen LogP contribution < -0.4 is 10.6 Å². The van der Waals surface area contributed by atoms with Crippen molar-refractivity contribution in [3.8, 4) is 0 Å². The minimum atomic E-state index is -1.03. The number of carbonyl (C=O) groups excluding carboxylic acids is 5. The predicted molar refractivity (Wildman–Crippen MR) is 116 cm³/mol. The van der Waals surface area contributed by atoms with Crippen molar-refractivity contribution in [2.45, 2.75) is 44.2 Å². The van der Waals surface area contributed by atoms with E-state index in [1.54, 1.807) is 17.0 Å². The molecule has 3 aliphatic heterocycles. The van der Waals surface area contributed by atoms with Crippen LogP contribution in [0.25, 0.3) is 0 Å². The first-order valence-corrected chi connectivity index (χ1v) is 11.4. The lowest BCUT2D eigenvalue weighted by molar-refractivity contribution is -0.142. The average molecular weight is 468 g/mol. The molecular formula is C23H24N4O7. The summed E-state index contributed by atoms with van der Waals surface area (Å²) in [4.78, 5) is 76.2. The number of benzene rings is 1. The molecule has 3 N–H and O–H groups in total. The van der Waals surface area contributed by atoms with Crippen LogP contribution in [0.1, 0.15) is 52.8 Å². The van der Waals surface area contributed by atoms with Crippen LogP contribution in [0.4, 0.5) is 5.69 Å². The highest BCUT2D eigenvalue weighted by molar-refractivity contribution is 6.25. The Hall–Kier alpha value is -3.76.